The first kappa shape index (κ1) is 19.6. The van der Waals surface area contributed by atoms with Gasteiger partial charge in [0.2, 0.25) is 0 Å². The second-order valence-electron chi connectivity index (χ2n) is 8.44. The average Bonchev–Trinajstić information content (AvgIpc) is 3.35. The van der Waals surface area contributed by atoms with Gasteiger partial charge in [0.15, 0.2) is 6.61 Å². The van der Waals surface area contributed by atoms with E-state index in [4.69, 9.17) is 4.74 Å². The number of amides is 1. The van der Waals surface area contributed by atoms with E-state index < -0.39 is 0 Å². The third-order valence-corrected chi connectivity index (χ3v) is 5.88. The Labute approximate surface area is 172 Å². The maximum absolute atomic E-state index is 12.3. The molecule has 5 heteroatoms. The molecule has 2 bridgehead atoms. The zero-order valence-corrected chi connectivity index (χ0v) is 17.2. The molecule has 1 N–H and O–H groups in total. The summed E-state index contributed by atoms with van der Waals surface area (Å²) < 4.78 is 5.90. The van der Waals surface area contributed by atoms with Crippen molar-refractivity contribution >= 4 is 5.91 Å². The number of aromatic nitrogens is 1. The first-order chi connectivity index (χ1) is 14.1. The van der Waals surface area contributed by atoms with Gasteiger partial charge < -0.3 is 15.0 Å². The van der Waals surface area contributed by atoms with E-state index in [0.29, 0.717) is 11.8 Å². The summed E-state index contributed by atoms with van der Waals surface area (Å²) in [6.45, 7) is 1.53. The molecule has 3 atom stereocenters. The summed E-state index contributed by atoms with van der Waals surface area (Å²) in [4.78, 5) is 18.6. The lowest BCUT2D eigenvalue weighted by Crippen LogP contribution is -2.34. The van der Waals surface area contributed by atoms with E-state index in [1.54, 1.807) is 6.20 Å². The van der Waals surface area contributed by atoms with Crippen LogP contribution in [-0.4, -0.2) is 43.0 Å². The minimum absolute atomic E-state index is 0.0450. The molecule has 2 aromatic rings. The van der Waals surface area contributed by atoms with Gasteiger partial charge in [-0.2, -0.15) is 0 Å². The average molecular weight is 392 g/mol. The van der Waals surface area contributed by atoms with Gasteiger partial charge in [0.1, 0.15) is 5.75 Å². The predicted octanol–water partition coefficient (Wildman–Crippen LogP) is 3.52. The number of hydrogen-bond donors (Lipinski definition) is 1. The van der Waals surface area contributed by atoms with Gasteiger partial charge in [-0.25, -0.2) is 0 Å². The van der Waals surface area contributed by atoms with E-state index in [0.717, 1.165) is 41.4 Å². The third kappa shape index (κ3) is 4.85. The number of benzene rings is 1. The third-order valence-electron chi connectivity index (χ3n) is 5.88. The quantitative estimate of drug-likeness (QED) is 0.700. The lowest BCUT2D eigenvalue weighted by atomic mass is 9.94. The molecule has 1 aromatic carbocycles. The minimum atomic E-state index is -0.0520. The molecule has 0 radical (unpaired) electrons. The molecule has 152 valence electrons. The largest absolute Gasteiger partial charge is 0.483 e. The highest BCUT2D eigenvalue weighted by Gasteiger charge is 2.35. The Kier molecular flexibility index (Phi) is 5.95. The Bertz CT molecular complexity index is 879. The maximum atomic E-state index is 12.3. The van der Waals surface area contributed by atoms with E-state index in [1.165, 1.54) is 12.8 Å². The van der Waals surface area contributed by atoms with Crippen LogP contribution in [0.3, 0.4) is 0 Å². The number of carbonyl (C=O) groups is 1. The van der Waals surface area contributed by atoms with E-state index in [9.17, 15) is 4.79 Å². The molecule has 2 aliphatic rings. The molecule has 5 nitrogen and oxygen atoms in total. The van der Waals surface area contributed by atoms with Crippen molar-refractivity contribution in [3.63, 3.8) is 0 Å². The van der Waals surface area contributed by atoms with Crippen molar-refractivity contribution in [2.75, 3.05) is 27.2 Å². The van der Waals surface area contributed by atoms with Crippen LogP contribution in [0, 0.1) is 17.8 Å². The molecule has 1 aromatic heterocycles. The summed E-state index contributed by atoms with van der Waals surface area (Å²) >= 11 is 0. The van der Waals surface area contributed by atoms with Crippen LogP contribution in [0.25, 0.3) is 11.1 Å². The van der Waals surface area contributed by atoms with Crippen molar-refractivity contribution in [1.82, 2.24) is 15.2 Å². The first-order valence-electron chi connectivity index (χ1n) is 10.3. The molecule has 4 rings (SSSR count). The Balaban J connectivity index is 1.36. The van der Waals surface area contributed by atoms with Gasteiger partial charge in [-0.15, -0.1) is 0 Å². The molecule has 2 aliphatic carbocycles. The minimum Gasteiger partial charge on any atom is -0.483 e. The molecule has 0 spiro atoms. The molecule has 1 fully saturated rings. The smallest absolute Gasteiger partial charge is 0.257 e. The van der Waals surface area contributed by atoms with Gasteiger partial charge in [0.05, 0.1) is 0 Å². The van der Waals surface area contributed by atoms with Crippen LogP contribution >= 0.6 is 0 Å². The van der Waals surface area contributed by atoms with Crippen molar-refractivity contribution in [3.05, 3.63) is 60.4 Å². The Morgan fingerprint density at radius 2 is 2.10 bits per heavy atom. The molecule has 0 aliphatic heterocycles. The number of ether oxygens (including phenoxy) is 1. The summed E-state index contributed by atoms with van der Waals surface area (Å²) in [6.07, 6.45) is 10.7. The number of nitrogens with zero attached hydrogens (tertiary/aromatic N) is 2. The highest BCUT2D eigenvalue weighted by molar-refractivity contribution is 5.77. The number of fused-ring (bicyclic) bond motifs is 2. The molecular formula is C24H29N3O2. The molecule has 1 saturated carbocycles. The zero-order chi connectivity index (χ0) is 20.2. The van der Waals surface area contributed by atoms with Crippen LogP contribution in [0.5, 0.6) is 5.75 Å². The van der Waals surface area contributed by atoms with Crippen LogP contribution in [0.15, 0.2) is 54.9 Å². The van der Waals surface area contributed by atoms with Crippen molar-refractivity contribution in [2.45, 2.75) is 19.4 Å². The summed E-state index contributed by atoms with van der Waals surface area (Å²) in [5, 5.41) is 3.06. The van der Waals surface area contributed by atoms with Crippen LogP contribution < -0.4 is 10.1 Å². The highest BCUT2D eigenvalue weighted by atomic mass is 16.5. The van der Waals surface area contributed by atoms with Crippen LogP contribution in [0.1, 0.15) is 18.4 Å². The van der Waals surface area contributed by atoms with Crippen molar-refractivity contribution in [3.8, 4) is 16.9 Å². The van der Waals surface area contributed by atoms with Gasteiger partial charge in [0, 0.05) is 36.6 Å². The van der Waals surface area contributed by atoms with Gasteiger partial charge in [-0.3, -0.25) is 9.78 Å². The number of carbonyl (C=O) groups excluding carboxylic acids is 1. The predicted molar refractivity (Wildman–Crippen MR) is 114 cm³/mol. The van der Waals surface area contributed by atoms with E-state index in [-0.39, 0.29) is 12.5 Å². The summed E-state index contributed by atoms with van der Waals surface area (Å²) in [5.41, 5.74) is 3.22. The lowest BCUT2D eigenvalue weighted by Gasteiger charge is -2.19. The first-order valence-corrected chi connectivity index (χ1v) is 10.3. The summed E-state index contributed by atoms with van der Waals surface area (Å²) in [7, 11) is 4.05. The van der Waals surface area contributed by atoms with Crippen LogP contribution in [-0.2, 0) is 11.3 Å². The fraction of sp³-hybridized carbons (Fsp3) is 0.417. The number of pyridine rings is 1. The van der Waals surface area contributed by atoms with E-state index >= 15 is 0 Å². The van der Waals surface area contributed by atoms with Gasteiger partial charge in [0.25, 0.3) is 5.91 Å². The number of allylic oxidation sites excluding steroid dienone is 2. The molecule has 1 amide bonds. The Morgan fingerprint density at radius 3 is 2.79 bits per heavy atom. The lowest BCUT2D eigenvalue weighted by molar-refractivity contribution is -0.123. The van der Waals surface area contributed by atoms with Crippen molar-refractivity contribution in [2.24, 2.45) is 17.8 Å². The molecule has 0 saturated heterocycles. The summed E-state index contributed by atoms with van der Waals surface area (Å²) in [5.74, 6) is 2.66. The number of rotatable bonds is 8. The van der Waals surface area contributed by atoms with Crippen molar-refractivity contribution < 1.29 is 9.53 Å². The van der Waals surface area contributed by atoms with Gasteiger partial charge >= 0.3 is 0 Å². The van der Waals surface area contributed by atoms with E-state index in [2.05, 4.69) is 33.4 Å². The fourth-order valence-electron chi connectivity index (χ4n) is 4.47. The monoisotopic (exact) mass is 391 g/mol. The Morgan fingerprint density at radius 1 is 1.21 bits per heavy atom. The SMILES string of the molecule is CN(C)Cc1cc(-c2cccnc2)ccc1OCC(=O)NC[C@@H]1C[C@H]2C=C[C@@H]1C2. The number of nitrogens with one attached hydrogen (secondary N) is 1. The molecular weight excluding hydrogens is 362 g/mol. The fourth-order valence-corrected chi connectivity index (χ4v) is 4.47. The second-order valence-corrected chi connectivity index (χ2v) is 8.44. The van der Waals surface area contributed by atoms with Gasteiger partial charge in [-0.1, -0.05) is 24.3 Å². The Hall–Kier alpha value is -2.66. The molecule has 29 heavy (non-hydrogen) atoms. The molecule has 1 heterocycles. The highest BCUT2D eigenvalue weighted by Crippen LogP contribution is 2.42. The summed E-state index contributed by atoms with van der Waals surface area (Å²) in [6, 6.07) is 10.1. The normalized spacial score (nSPS) is 22.2. The van der Waals surface area contributed by atoms with Crippen LogP contribution in [0.4, 0.5) is 0 Å². The molecule has 0 unspecified atom stereocenters. The van der Waals surface area contributed by atoms with Crippen molar-refractivity contribution in [1.29, 1.82) is 0 Å². The van der Waals surface area contributed by atoms with Gasteiger partial charge in [-0.05, 0) is 68.5 Å². The number of hydrogen-bond acceptors (Lipinski definition) is 4. The van der Waals surface area contributed by atoms with Crippen LogP contribution in [0.2, 0.25) is 0 Å². The zero-order valence-electron chi connectivity index (χ0n) is 17.2. The maximum Gasteiger partial charge on any atom is 0.257 e. The topological polar surface area (TPSA) is 54.5 Å². The van der Waals surface area contributed by atoms with E-state index in [1.807, 2.05) is 44.6 Å². The second kappa shape index (κ2) is 8.78. The standard InChI is InChI=1S/C24H29N3O2/c1-27(2)15-22-12-19(20-4-3-9-25-13-20)7-8-23(22)29-16-24(28)26-14-21-11-17-5-6-18(21)10-17/h3-9,12-13,17-18,21H,10-11,14-16H2,1-2H3,(H,26,28)/t17-,18+,21-/m0/s1.